The summed E-state index contributed by atoms with van der Waals surface area (Å²) in [5, 5.41) is 0. The van der Waals surface area contributed by atoms with Crippen LogP contribution >= 0.6 is 0 Å². The summed E-state index contributed by atoms with van der Waals surface area (Å²) in [7, 11) is -3.67. The Kier molecular flexibility index (Phi) is 11.3. The largest absolute Gasteiger partial charge is 1.00 e. The number of nitrogens with zero attached hydrogens (tertiary/aromatic N) is 1. The Bertz CT molecular complexity index is 268. The molecule has 0 bridgehead atoms. The van der Waals surface area contributed by atoms with E-state index < -0.39 is 7.54 Å². The van der Waals surface area contributed by atoms with Crippen LogP contribution in [0.4, 0.5) is 12.9 Å². The fourth-order valence-corrected chi connectivity index (χ4v) is 1.13. The van der Waals surface area contributed by atoms with Crippen LogP contribution in [0.1, 0.15) is 25.3 Å². The van der Waals surface area contributed by atoms with Gasteiger partial charge >= 0.3 is 7.54 Å². The minimum Gasteiger partial charge on any atom is -1.00 e. The predicted molar refractivity (Wildman–Crippen MR) is 55.4 cm³/mol. The molecule has 0 radical (unpaired) electrons. The van der Waals surface area contributed by atoms with E-state index in [-0.39, 0.29) is 4.70 Å². The van der Waals surface area contributed by atoms with Crippen molar-refractivity contribution in [3.05, 3.63) is 30.1 Å². The highest BCUT2D eigenvalue weighted by atomic mass is 19.4. The maximum Gasteiger partial charge on any atom is 0.762 e. The van der Waals surface area contributed by atoms with Crippen molar-refractivity contribution < 1.29 is 22.2 Å². The number of aryl methyl sites for hydroxylation is 2. The molecule has 1 nitrogen and oxygen atoms in total. The molecule has 0 saturated heterocycles. The highest BCUT2D eigenvalue weighted by Crippen LogP contribution is 1.91. The Morgan fingerprint density at radius 2 is 1.88 bits per heavy atom. The summed E-state index contributed by atoms with van der Waals surface area (Å²) >= 11 is 0. The zero-order chi connectivity index (χ0) is 11.7. The molecule has 1 aromatic heterocycles. The smallest absolute Gasteiger partial charge is 0.762 e. The van der Waals surface area contributed by atoms with Crippen molar-refractivity contribution in [3.63, 3.8) is 0 Å². The van der Waals surface area contributed by atoms with E-state index in [2.05, 4.69) is 42.9 Å². The molecule has 0 spiro atoms. The van der Waals surface area contributed by atoms with Crippen molar-refractivity contribution in [2.24, 2.45) is 0 Å². The first kappa shape index (κ1) is 17.3. The third kappa shape index (κ3) is 11.0. The van der Waals surface area contributed by atoms with Gasteiger partial charge in [0.05, 0.1) is 0 Å². The first-order valence-electron chi connectivity index (χ1n) is 4.94. The first-order valence-corrected chi connectivity index (χ1v) is 4.94. The molecule has 0 saturated carbocycles. The second-order valence-corrected chi connectivity index (χ2v) is 3.22. The van der Waals surface area contributed by atoms with E-state index in [0.29, 0.717) is 0 Å². The van der Waals surface area contributed by atoms with E-state index in [9.17, 15) is 12.9 Å². The fraction of sp³-hybridized carbons (Fsp3) is 0.500. The Hall–Kier alpha value is -1.07. The first-order chi connectivity index (χ1) is 7.06. The molecular weight excluding hydrogens is 221 g/mol. The van der Waals surface area contributed by atoms with Crippen molar-refractivity contribution in [3.8, 4) is 0 Å². The molecular formula is C10H16BF4N. The lowest BCUT2D eigenvalue weighted by atomic mass is 10.3. The molecule has 0 aromatic carbocycles. The number of unbranched alkanes of at least 4 members (excludes halogenated alkanes) is 1. The van der Waals surface area contributed by atoms with E-state index in [0.717, 1.165) is 6.54 Å². The highest BCUT2D eigenvalue weighted by Gasteiger charge is 2.06. The molecule has 0 atom stereocenters. The molecule has 0 aliphatic carbocycles. The topological polar surface area (TPSA) is 3.88 Å². The van der Waals surface area contributed by atoms with Gasteiger partial charge < -0.3 is 4.70 Å². The van der Waals surface area contributed by atoms with Crippen LogP contribution in [0.15, 0.2) is 24.5 Å². The van der Waals surface area contributed by atoms with Crippen LogP contribution in [0, 0.1) is 6.92 Å². The molecule has 0 N–H and O–H groups in total. The molecule has 1 heterocycles. The highest BCUT2D eigenvalue weighted by molar-refractivity contribution is 6.33. The zero-order valence-electron chi connectivity index (χ0n) is 9.47. The summed E-state index contributed by atoms with van der Waals surface area (Å²) in [4.78, 5) is 0. The Morgan fingerprint density at radius 3 is 2.31 bits per heavy atom. The maximum absolute atomic E-state index is 9.67. The van der Waals surface area contributed by atoms with Crippen molar-refractivity contribution in [1.29, 1.82) is 0 Å². The van der Waals surface area contributed by atoms with Crippen LogP contribution in [0.5, 0.6) is 0 Å². The average Bonchev–Trinajstić information content (AvgIpc) is 2.14. The molecule has 92 valence electrons. The number of pyridine rings is 1. The Balaban J connectivity index is 0. The van der Waals surface area contributed by atoms with E-state index in [4.69, 9.17) is 0 Å². The van der Waals surface area contributed by atoms with Crippen LogP contribution in [-0.4, -0.2) is 7.54 Å². The minimum atomic E-state index is -3.67. The molecule has 1 aromatic rings. The summed E-state index contributed by atoms with van der Waals surface area (Å²) in [6.45, 7) is 5.50. The predicted octanol–water partition coefficient (Wildman–Crippen LogP) is -0.0336. The van der Waals surface area contributed by atoms with Crippen molar-refractivity contribution in [2.45, 2.75) is 33.2 Å². The SMILES string of the molecule is CCCC[n+]1cccc(C)c1.FB(F)F.[F-]. The van der Waals surface area contributed by atoms with Gasteiger partial charge in [-0.15, -0.1) is 0 Å². The number of halogens is 4. The molecule has 0 amide bonds. The van der Waals surface area contributed by atoms with Crippen molar-refractivity contribution >= 4 is 7.54 Å². The van der Waals surface area contributed by atoms with Gasteiger partial charge in [0.15, 0.2) is 12.4 Å². The summed E-state index contributed by atoms with van der Waals surface area (Å²) in [5.41, 5.74) is 1.34. The average molecular weight is 237 g/mol. The van der Waals surface area contributed by atoms with Gasteiger partial charge in [-0.1, -0.05) is 13.3 Å². The lowest BCUT2D eigenvalue weighted by molar-refractivity contribution is -0.697. The molecule has 0 unspecified atom stereocenters. The molecule has 6 heteroatoms. The second kappa shape index (κ2) is 10.5. The van der Waals surface area contributed by atoms with Gasteiger partial charge in [-0.25, -0.2) is 4.57 Å². The van der Waals surface area contributed by atoms with E-state index in [1.54, 1.807) is 0 Å². The molecule has 1 rings (SSSR count). The Morgan fingerprint density at radius 1 is 1.31 bits per heavy atom. The van der Waals surface area contributed by atoms with Gasteiger partial charge in [0.1, 0.15) is 6.54 Å². The Labute approximate surface area is 93.9 Å². The van der Waals surface area contributed by atoms with E-state index >= 15 is 0 Å². The second-order valence-electron chi connectivity index (χ2n) is 3.22. The van der Waals surface area contributed by atoms with Gasteiger partial charge in [0.2, 0.25) is 0 Å². The summed E-state index contributed by atoms with van der Waals surface area (Å²) in [5.74, 6) is 0. The van der Waals surface area contributed by atoms with Gasteiger partial charge in [0.25, 0.3) is 0 Å². The van der Waals surface area contributed by atoms with Crippen LogP contribution in [0.3, 0.4) is 0 Å². The quantitative estimate of drug-likeness (QED) is 0.395. The van der Waals surface area contributed by atoms with Crippen LogP contribution in [0.2, 0.25) is 0 Å². The lowest BCUT2D eigenvalue weighted by Crippen LogP contribution is -3.00. The van der Waals surface area contributed by atoms with Crippen LogP contribution in [0.25, 0.3) is 0 Å². The van der Waals surface area contributed by atoms with Gasteiger partial charge in [0, 0.05) is 18.1 Å². The van der Waals surface area contributed by atoms with Crippen molar-refractivity contribution in [1.82, 2.24) is 0 Å². The molecule has 0 fully saturated rings. The molecule has 0 aliphatic rings. The van der Waals surface area contributed by atoms with Crippen LogP contribution < -0.4 is 9.27 Å². The van der Waals surface area contributed by atoms with E-state index in [1.807, 2.05) is 0 Å². The molecule has 16 heavy (non-hydrogen) atoms. The fourth-order valence-electron chi connectivity index (χ4n) is 1.13. The number of aromatic nitrogens is 1. The van der Waals surface area contributed by atoms with Gasteiger partial charge in [-0.3, -0.25) is 12.9 Å². The number of rotatable bonds is 3. The zero-order valence-corrected chi connectivity index (χ0v) is 9.47. The standard InChI is InChI=1S/C10H16N.BF3.FH/c1-3-4-7-11-8-5-6-10(2)9-11;2-1(3)4;/h5-6,8-9H,3-4,7H2,1-2H3;;1H/q+1;;/p-1. The third-order valence-corrected chi connectivity index (χ3v) is 1.78. The monoisotopic (exact) mass is 237 g/mol. The van der Waals surface area contributed by atoms with Gasteiger partial charge in [-0.05, 0) is 13.0 Å². The molecule has 0 aliphatic heterocycles. The lowest BCUT2D eigenvalue weighted by Gasteiger charge is -1.94. The van der Waals surface area contributed by atoms with E-state index in [1.165, 1.54) is 18.4 Å². The van der Waals surface area contributed by atoms with Crippen molar-refractivity contribution in [2.75, 3.05) is 0 Å². The number of hydrogen-bond acceptors (Lipinski definition) is 0. The van der Waals surface area contributed by atoms with Crippen LogP contribution in [-0.2, 0) is 6.54 Å². The normalized spacial score (nSPS) is 8.56. The van der Waals surface area contributed by atoms with Gasteiger partial charge in [-0.2, -0.15) is 0 Å². The maximum atomic E-state index is 9.67. The number of hydrogen-bond donors (Lipinski definition) is 0. The minimum absolute atomic E-state index is 0. The summed E-state index contributed by atoms with van der Waals surface area (Å²) < 4.78 is 31.2. The summed E-state index contributed by atoms with van der Waals surface area (Å²) in [6, 6.07) is 4.23. The third-order valence-electron chi connectivity index (χ3n) is 1.78. The summed E-state index contributed by atoms with van der Waals surface area (Å²) in [6.07, 6.45) is 6.85.